The number of nitrogens with one attached hydrogen (secondary N) is 1. The number of carbonyl (C=O) groups excluding carboxylic acids is 2. The number of carbonyl (C=O) groups is 2. The third kappa shape index (κ3) is 3.66. The number of Topliss-reactive ketones (excluding diaryl/α,β-unsaturated/α-hetero) is 1. The van der Waals surface area contributed by atoms with Gasteiger partial charge in [-0.3, -0.25) is 14.6 Å². The topological polar surface area (TPSA) is 59.1 Å². The summed E-state index contributed by atoms with van der Waals surface area (Å²) < 4.78 is 0. The van der Waals surface area contributed by atoms with Gasteiger partial charge in [0, 0.05) is 11.6 Å². The number of hydrogen-bond donors (Lipinski definition) is 1. The summed E-state index contributed by atoms with van der Waals surface area (Å²) >= 11 is 0. The van der Waals surface area contributed by atoms with Crippen molar-refractivity contribution in [1.82, 2.24) is 10.3 Å². The van der Waals surface area contributed by atoms with Crippen molar-refractivity contribution >= 4 is 22.6 Å². The molecule has 0 saturated heterocycles. The normalized spacial score (nSPS) is 11.4. The number of rotatable bonds is 3. The number of hydrogen-bond acceptors (Lipinski definition) is 3. The molecular weight excluding hydrogens is 264 g/mol. The molecule has 0 radical (unpaired) electrons. The van der Waals surface area contributed by atoms with E-state index in [2.05, 4.69) is 37.1 Å². The van der Waals surface area contributed by atoms with E-state index in [-0.39, 0.29) is 23.7 Å². The van der Waals surface area contributed by atoms with Crippen LogP contribution in [0.25, 0.3) is 10.9 Å². The van der Waals surface area contributed by atoms with E-state index in [1.807, 2.05) is 12.1 Å². The van der Waals surface area contributed by atoms with Gasteiger partial charge in [-0.25, -0.2) is 0 Å². The van der Waals surface area contributed by atoms with Gasteiger partial charge in [0.1, 0.15) is 5.78 Å². The van der Waals surface area contributed by atoms with Crippen LogP contribution in [-0.4, -0.2) is 23.2 Å². The van der Waals surface area contributed by atoms with E-state index >= 15 is 0 Å². The maximum Gasteiger partial charge on any atom is 0.253 e. The zero-order chi connectivity index (χ0) is 15.6. The summed E-state index contributed by atoms with van der Waals surface area (Å²) in [6.07, 6.45) is 1.55. The molecule has 0 saturated carbocycles. The third-order valence-corrected chi connectivity index (χ3v) is 3.31. The SMILES string of the molecule is CC(=O)CNC(=O)c1cnc2cc(C(C)(C)C)ccc2c1. The molecule has 2 aromatic rings. The van der Waals surface area contributed by atoms with Crippen molar-refractivity contribution in [3.63, 3.8) is 0 Å². The largest absolute Gasteiger partial charge is 0.345 e. The number of ketones is 1. The lowest BCUT2D eigenvalue weighted by Crippen LogP contribution is -2.28. The van der Waals surface area contributed by atoms with Gasteiger partial charge >= 0.3 is 0 Å². The van der Waals surface area contributed by atoms with E-state index in [9.17, 15) is 9.59 Å². The maximum atomic E-state index is 11.9. The minimum atomic E-state index is -0.278. The molecule has 1 aromatic carbocycles. The molecule has 1 heterocycles. The average molecular weight is 284 g/mol. The fourth-order valence-electron chi connectivity index (χ4n) is 2.02. The van der Waals surface area contributed by atoms with Crippen LogP contribution in [0.2, 0.25) is 0 Å². The molecule has 0 atom stereocenters. The van der Waals surface area contributed by atoms with Crippen LogP contribution in [-0.2, 0) is 10.2 Å². The Balaban J connectivity index is 2.31. The monoisotopic (exact) mass is 284 g/mol. The predicted molar refractivity (Wildman–Crippen MR) is 83.5 cm³/mol. The van der Waals surface area contributed by atoms with Crippen molar-refractivity contribution in [1.29, 1.82) is 0 Å². The number of amides is 1. The summed E-state index contributed by atoms with van der Waals surface area (Å²) in [5.74, 6) is -0.355. The van der Waals surface area contributed by atoms with Crippen molar-refractivity contribution in [3.8, 4) is 0 Å². The van der Waals surface area contributed by atoms with Crippen molar-refractivity contribution < 1.29 is 9.59 Å². The van der Waals surface area contributed by atoms with Crippen molar-refractivity contribution in [2.24, 2.45) is 0 Å². The molecule has 4 nitrogen and oxygen atoms in total. The van der Waals surface area contributed by atoms with Gasteiger partial charge in [-0.15, -0.1) is 0 Å². The molecule has 0 fully saturated rings. The number of nitrogens with zero attached hydrogens (tertiary/aromatic N) is 1. The van der Waals surface area contributed by atoms with Crippen molar-refractivity contribution in [2.75, 3.05) is 6.54 Å². The average Bonchev–Trinajstić information content (AvgIpc) is 2.42. The van der Waals surface area contributed by atoms with Gasteiger partial charge in [0.05, 0.1) is 17.6 Å². The predicted octanol–water partition coefficient (Wildman–Crippen LogP) is 2.85. The highest BCUT2D eigenvalue weighted by atomic mass is 16.2. The Hall–Kier alpha value is -2.23. The Labute approximate surface area is 124 Å². The summed E-state index contributed by atoms with van der Waals surface area (Å²) in [4.78, 5) is 27.2. The van der Waals surface area contributed by atoms with Crippen molar-refractivity contribution in [3.05, 3.63) is 41.6 Å². The van der Waals surface area contributed by atoms with E-state index in [0.717, 1.165) is 10.9 Å². The lowest BCUT2D eigenvalue weighted by molar-refractivity contribution is -0.116. The molecule has 0 aliphatic heterocycles. The standard InChI is InChI=1S/C17H20N2O2/c1-11(20)9-19-16(21)13-7-12-5-6-14(17(2,3)4)8-15(12)18-10-13/h5-8,10H,9H2,1-4H3,(H,19,21). The second-order valence-corrected chi connectivity index (χ2v) is 6.27. The van der Waals surface area contributed by atoms with Crippen LogP contribution >= 0.6 is 0 Å². The highest BCUT2D eigenvalue weighted by Gasteiger charge is 2.14. The van der Waals surface area contributed by atoms with Crippen LogP contribution in [0.15, 0.2) is 30.5 Å². The first-order chi connectivity index (χ1) is 9.77. The Kier molecular flexibility index (Phi) is 4.07. The fourth-order valence-corrected chi connectivity index (χ4v) is 2.02. The molecular formula is C17H20N2O2. The first-order valence-electron chi connectivity index (χ1n) is 6.95. The number of pyridine rings is 1. The molecule has 2 rings (SSSR count). The summed E-state index contributed by atoms with van der Waals surface area (Å²) in [7, 11) is 0. The second kappa shape index (κ2) is 5.64. The van der Waals surface area contributed by atoms with Crippen LogP contribution in [0.3, 0.4) is 0 Å². The highest BCUT2D eigenvalue weighted by Crippen LogP contribution is 2.25. The minimum Gasteiger partial charge on any atom is -0.345 e. The van der Waals surface area contributed by atoms with Gasteiger partial charge in [-0.05, 0) is 30.0 Å². The highest BCUT2D eigenvalue weighted by molar-refractivity contribution is 5.98. The first-order valence-corrected chi connectivity index (χ1v) is 6.95. The molecule has 0 spiro atoms. The van der Waals surface area contributed by atoms with Gasteiger partial charge < -0.3 is 5.32 Å². The molecule has 0 unspecified atom stereocenters. The zero-order valence-electron chi connectivity index (χ0n) is 12.9. The number of fused-ring (bicyclic) bond motifs is 1. The van der Waals surface area contributed by atoms with Crippen LogP contribution in [0.1, 0.15) is 43.6 Å². The van der Waals surface area contributed by atoms with Gasteiger partial charge in [-0.1, -0.05) is 32.9 Å². The minimum absolute atomic E-state index is 0.0415. The zero-order valence-corrected chi connectivity index (χ0v) is 12.9. The third-order valence-electron chi connectivity index (χ3n) is 3.31. The molecule has 0 bridgehead atoms. The summed E-state index contributed by atoms with van der Waals surface area (Å²) in [6, 6.07) is 7.88. The number of aromatic nitrogens is 1. The van der Waals surface area contributed by atoms with E-state index in [1.54, 1.807) is 12.3 Å². The van der Waals surface area contributed by atoms with Gasteiger partial charge in [-0.2, -0.15) is 0 Å². The smallest absolute Gasteiger partial charge is 0.253 e. The molecule has 1 amide bonds. The van der Waals surface area contributed by atoms with Crippen molar-refractivity contribution in [2.45, 2.75) is 33.1 Å². The molecule has 0 aliphatic rings. The Morgan fingerprint density at radius 1 is 1.19 bits per heavy atom. The second-order valence-electron chi connectivity index (χ2n) is 6.27. The van der Waals surface area contributed by atoms with Crippen LogP contribution < -0.4 is 5.32 Å². The molecule has 1 N–H and O–H groups in total. The van der Waals surface area contributed by atoms with E-state index in [0.29, 0.717) is 5.56 Å². The Morgan fingerprint density at radius 2 is 1.90 bits per heavy atom. The van der Waals surface area contributed by atoms with Crippen LogP contribution in [0, 0.1) is 0 Å². The Morgan fingerprint density at radius 3 is 2.52 bits per heavy atom. The van der Waals surface area contributed by atoms with E-state index in [1.165, 1.54) is 12.5 Å². The van der Waals surface area contributed by atoms with Crippen LogP contribution in [0.5, 0.6) is 0 Å². The molecule has 0 aliphatic carbocycles. The first kappa shape index (κ1) is 15.2. The van der Waals surface area contributed by atoms with Crippen LogP contribution in [0.4, 0.5) is 0 Å². The molecule has 4 heteroatoms. The summed E-state index contributed by atoms with van der Waals surface area (Å²) in [5.41, 5.74) is 2.60. The Bertz CT molecular complexity index is 699. The molecule has 110 valence electrons. The summed E-state index contributed by atoms with van der Waals surface area (Å²) in [6.45, 7) is 7.93. The van der Waals surface area contributed by atoms with Gasteiger partial charge in [0.2, 0.25) is 0 Å². The molecule has 21 heavy (non-hydrogen) atoms. The number of benzene rings is 1. The van der Waals surface area contributed by atoms with Gasteiger partial charge in [0.15, 0.2) is 0 Å². The lowest BCUT2D eigenvalue weighted by Gasteiger charge is -2.19. The summed E-state index contributed by atoms with van der Waals surface area (Å²) in [5, 5.41) is 3.49. The fraction of sp³-hybridized carbons (Fsp3) is 0.353. The van der Waals surface area contributed by atoms with E-state index < -0.39 is 0 Å². The van der Waals surface area contributed by atoms with Gasteiger partial charge in [0.25, 0.3) is 5.91 Å². The maximum absolute atomic E-state index is 11.9. The van der Waals surface area contributed by atoms with E-state index in [4.69, 9.17) is 0 Å². The lowest BCUT2D eigenvalue weighted by atomic mass is 9.86. The quantitative estimate of drug-likeness (QED) is 0.942. The molecule has 1 aromatic heterocycles.